The van der Waals surface area contributed by atoms with Gasteiger partial charge in [0.05, 0.1) is 26.6 Å². The van der Waals surface area contributed by atoms with E-state index in [1.54, 1.807) is 18.2 Å². The molecule has 703 valence electrons. The number of nitrogens with zero attached hydrogens (tertiary/aromatic N) is 6. The zero-order valence-corrected chi connectivity index (χ0v) is 92.7. The number of pyridine rings is 6. The van der Waals surface area contributed by atoms with Crippen molar-refractivity contribution in [2.24, 2.45) is 5.92 Å². The Labute approximate surface area is 870 Å². The van der Waals surface area contributed by atoms with Crippen LogP contribution in [-0.2, 0) is 76.6 Å². The SMILES string of the molecule is CC(C)Cc1cc(-c2[c-]cc3c(c2)-c2ccccc2S3(=O)=O)ncc1[Si](C)(C)c1ccccc1.C[Si](C)(C)c1ccc(-c2[c-]cc3oc4ccccc4c3c2)nc1.C[Si](C)(C)c1cnc(-c2[c-]cc3c(c2)-c2ccccc2[Si]3(c2ccccc2)c2ccccc2)cc1-c1ccccc1.Cc1cccnc1-c1[c-]cccc1.Cc1ccnc(-c2[c-]cccc2)c1.Cc1ccnc(-c2[c-]cccc2)c1.[Ir].[Ir].[Ir]. The number of sulfone groups is 1. The molecule has 7 aromatic heterocycles. The molecule has 20 aromatic rings. The first kappa shape index (κ1) is 103. The van der Waals surface area contributed by atoms with Crippen molar-refractivity contribution in [3.05, 3.63) is 460 Å². The molecule has 140 heavy (non-hydrogen) atoms. The maximum atomic E-state index is 13.0. The predicted molar refractivity (Wildman–Crippen MR) is 579 cm³/mol. The molecule has 22 rings (SSSR count). The van der Waals surface area contributed by atoms with Crippen molar-refractivity contribution in [2.45, 2.75) is 103 Å². The fourth-order valence-corrected chi connectivity index (χ4v) is 30.1. The van der Waals surface area contributed by atoms with E-state index in [9.17, 15) is 8.42 Å². The van der Waals surface area contributed by atoms with E-state index >= 15 is 0 Å². The van der Waals surface area contributed by atoms with E-state index in [1.807, 2.05) is 158 Å². The smallest absolute Gasteiger partial charge is 0.173 e. The van der Waals surface area contributed by atoms with Gasteiger partial charge in [-0.25, -0.2) is 8.42 Å². The van der Waals surface area contributed by atoms with Crippen LogP contribution < -0.4 is 41.5 Å². The molecule has 17 heteroatoms. The second-order valence-corrected chi connectivity index (χ2v) is 57.8. The monoisotopic (exact) mass is 2440 g/mol. The Kier molecular flexibility index (Phi) is 33.7. The number of benzene rings is 13. The number of hydrogen-bond acceptors (Lipinski definition) is 9. The molecule has 0 saturated heterocycles. The van der Waals surface area contributed by atoms with Crippen molar-refractivity contribution in [1.82, 2.24) is 29.9 Å². The number of fused-ring (bicyclic) bond motifs is 9. The van der Waals surface area contributed by atoms with Crippen LogP contribution in [0.2, 0.25) is 52.4 Å². The van der Waals surface area contributed by atoms with E-state index in [2.05, 4.69) is 368 Å². The molecule has 0 bridgehead atoms. The van der Waals surface area contributed by atoms with E-state index < -0.39 is 42.1 Å². The van der Waals surface area contributed by atoms with E-state index in [0.29, 0.717) is 15.7 Å². The molecule has 0 fully saturated rings. The topological polar surface area (TPSA) is 125 Å². The fourth-order valence-electron chi connectivity index (χ4n) is 18.1. The molecule has 0 atom stereocenters. The van der Waals surface area contributed by atoms with E-state index in [-0.39, 0.29) is 60.3 Å². The normalized spacial score (nSPS) is 12.1. The van der Waals surface area contributed by atoms with Crippen LogP contribution in [0.4, 0.5) is 0 Å². The third-order valence-electron chi connectivity index (χ3n) is 25.2. The summed E-state index contributed by atoms with van der Waals surface area (Å²) >= 11 is 0. The van der Waals surface area contributed by atoms with Crippen LogP contribution in [0.15, 0.2) is 415 Å². The number of aromatic nitrogens is 6. The summed E-state index contributed by atoms with van der Waals surface area (Å²) in [6.45, 7) is 29.6. The maximum Gasteiger partial charge on any atom is 0.173 e. The van der Waals surface area contributed by atoms with Gasteiger partial charge in [-0.3, -0.25) is 0 Å². The average Bonchev–Trinajstić information content (AvgIpc) is 1.53. The number of hydrogen-bond donors (Lipinski definition) is 0. The first-order chi connectivity index (χ1) is 66.3. The summed E-state index contributed by atoms with van der Waals surface area (Å²) in [6.07, 6.45) is 12.6. The molecule has 3 radical (unpaired) electrons. The van der Waals surface area contributed by atoms with Gasteiger partial charge in [-0.1, -0.05) is 345 Å². The zero-order valence-electron chi connectivity index (χ0n) is 80.7. The molecule has 0 unspecified atom stereocenters. The van der Waals surface area contributed by atoms with Crippen LogP contribution in [0, 0.1) is 63.1 Å². The molecule has 9 nitrogen and oxygen atoms in total. The zero-order chi connectivity index (χ0) is 95.4. The van der Waals surface area contributed by atoms with Gasteiger partial charge in [-0.2, -0.15) is 0 Å². The van der Waals surface area contributed by atoms with Crippen LogP contribution in [0.1, 0.15) is 36.1 Å². The summed E-state index contributed by atoms with van der Waals surface area (Å²) in [7, 11) is -10.8. The summed E-state index contributed by atoms with van der Waals surface area (Å²) in [4.78, 5) is 28.2. The van der Waals surface area contributed by atoms with Gasteiger partial charge in [0.2, 0.25) is 0 Å². The van der Waals surface area contributed by atoms with Crippen molar-refractivity contribution < 1.29 is 73.2 Å². The molecule has 2 aliphatic rings. The van der Waals surface area contributed by atoms with E-state index in [0.717, 1.165) is 107 Å². The molecule has 2 aliphatic heterocycles. The quantitative estimate of drug-likeness (QED) is 0.0729. The third-order valence-corrected chi connectivity index (χ3v) is 39.5. The number of aryl methyl sites for hydroxylation is 3. The van der Waals surface area contributed by atoms with Crippen LogP contribution in [0.5, 0.6) is 0 Å². The molecule has 0 saturated carbocycles. The van der Waals surface area contributed by atoms with E-state index in [4.69, 9.17) is 14.4 Å². The average molecular weight is 2440 g/mol. The Morgan fingerprint density at radius 2 is 0.850 bits per heavy atom. The molecule has 0 aliphatic carbocycles. The van der Waals surface area contributed by atoms with Gasteiger partial charge in [-0.15, -0.1) is 184 Å². The van der Waals surface area contributed by atoms with Crippen molar-refractivity contribution in [3.63, 3.8) is 0 Å². The van der Waals surface area contributed by atoms with Gasteiger partial charge in [0.15, 0.2) is 9.84 Å². The summed E-state index contributed by atoms with van der Waals surface area (Å²) in [5.74, 6) is 0.510. The van der Waals surface area contributed by atoms with Crippen molar-refractivity contribution in [2.75, 3.05) is 0 Å². The molecule has 0 spiro atoms. The second kappa shape index (κ2) is 45.7. The summed E-state index contributed by atoms with van der Waals surface area (Å²) in [6, 6.07) is 145. The van der Waals surface area contributed by atoms with E-state index in [1.165, 1.54) is 86.0 Å². The van der Waals surface area contributed by atoms with Crippen molar-refractivity contribution in [1.29, 1.82) is 0 Å². The van der Waals surface area contributed by atoms with Crippen LogP contribution in [-0.4, -0.2) is 70.6 Å². The molecular formula is C123H108Ir3N6O3SSi4-6. The minimum Gasteiger partial charge on any atom is -0.500 e. The number of para-hydroxylation sites is 1. The van der Waals surface area contributed by atoms with Gasteiger partial charge in [-0.05, 0) is 146 Å². The van der Waals surface area contributed by atoms with Gasteiger partial charge in [0.25, 0.3) is 0 Å². The Bertz CT molecular complexity index is 7630. The van der Waals surface area contributed by atoms with Crippen LogP contribution in [0.3, 0.4) is 0 Å². The fraction of sp³-hybridized carbons (Fsp3) is 0.122. The number of furan rings is 1. The molecule has 0 amide bonds. The minimum atomic E-state index is -3.49. The number of rotatable bonds is 15. The molecular weight excluding hydrogens is 2330 g/mol. The molecule has 13 aromatic carbocycles. The van der Waals surface area contributed by atoms with Crippen molar-refractivity contribution in [3.8, 4) is 101 Å². The Hall–Kier alpha value is -12.7. The maximum absolute atomic E-state index is 13.0. The van der Waals surface area contributed by atoms with Gasteiger partial charge in [0.1, 0.15) is 21.7 Å². The minimum absolute atomic E-state index is 0. The first-order valence-corrected chi connectivity index (χ1v) is 60.0. The third kappa shape index (κ3) is 23.0. The van der Waals surface area contributed by atoms with Crippen LogP contribution >= 0.6 is 0 Å². The van der Waals surface area contributed by atoms with Gasteiger partial charge < -0.3 is 34.3 Å². The Morgan fingerprint density at radius 1 is 0.343 bits per heavy atom. The van der Waals surface area contributed by atoms with Gasteiger partial charge in [0, 0.05) is 103 Å². The molecule has 0 N–H and O–H groups in total. The second-order valence-electron chi connectivity index (χ2n) is 37.7. The Balaban J connectivity index is 0.000000141. The van der Waals surface area contributed by atoms with Crippen molar-refractivity contribution >= 4 is 106 Å². The summed E-state index contributed by atoms with van der Waals surface area (Å²) in [5.41, 5.74) is 25.2. The van der Waals surface area contributed by atoms with Crippen LogP contribution in [0.25, 0.3) is 123 Å². The largest absolute Gasteiger partial charge is 0.500 e. The first-order valence-electron chi connectivity index (χ1n) is 46.6. The summed E-state index contributed by atoms with van der Waals surface area (Å²) < 4.78 is 31.8. The predicted octanol–water partition coefficient (Wildman–Crippen LogP) is 25.1. The Morgan fingerprint density at radius 3 is 1.42 bits per heavy atom. The summed E-state index contributed by atoms with van der Waals surface area (Å²) in [5, 5.41) is 13.4. The molecule has 9 heterocycles. The standard InChI is InChI=1S/C38H32NSi2.C29H28NO2SSi.C20H18NOSi.3C12H10N.3Ir/c1-40(2,3)38-27-39-35(26-33(38)28-15-7-4-8-16-28)29-23-24-37-34(25-29)32-21-13-14-22-36(32)41(37,30-17-9-5-10-18-30)31-19-11-6-12-20-31;1-20(2)16-22-18-26(30-19-29(22)34(3,4)23-10-6-5-7-11-23)21-14-15-28-25(17-21)24-12-8-9-13-27(24)33(28,31)32;1-23(2,3)15-9-10-18(21-13-15)14-8-11-20-17(12-14)16-6-4-5-7-19(16)22-20;1-10-6-5-9-13-12(10)11-7-3-2-4-8-11;2*1-10-7-8-13-12(9-10)11-5-3-2-4-6-11;;;/h4-22,24-27H,1-3H3;5-13,15,17-20H,16H2,1-4H3;4-7,9-13H,1-3H3;2-7,9H,1H3;2*2-5,7-9H,1H3;;;/q6*-1;;;. The van der Waals surface area contributed by atoms with Gasteiger partial charge >= 0.3 is 0 Å².